The second-order valence-corrected chi connectivity index (χ2v) is 7.31. The van der Waals surface area contributed by atoms with Crippen molar-refractivity contribution in [3.63, 3.8) is 0 Å². The zero-order valence-corrected chi connectivity index (χ0v) is 18.6. The molecule has 0 saturated heterocycles. The van der Waals surface area contributed by atoms with Gasteiger partial charge in [-0.3, -0.25) is 9.59 Å². The smallest absolute Gasteiger partial charge is 0.293 e. The van der Waals surface area contributed by atoms with Crippen molar-refractivity contribution >= 4 is 29.3 Å². The van der Waals surface area contributed by atoms with Gasteiger partial charge in [-0.1, -0.05) is 6.07 Å². The quantitative estimate of drug-likeness (QED) is 0.546. The van der Waals surface area contributed by atoms with E-state index in [4.69, 9.17) is 18.6 Å². The average Bonchev–Trinajstić information content (AvgIpc) is 3.51. The van der Waals surface area contributed by atoms with E-state index in [2.05, 4.69) is 5.32 Å². The average molecular weight is 448 g/mol. The predicted octanol–water partition coefficient (Wildman–Crippen LogP) is 4.16. The Kier molecular flexibility index (Phi) is 6.35. The minimum atomic E-state index is -0.314. The Morgan fingerprint density at radius 1 is 1.03 bits per heavy atom. The van der Waals surface area contributed by atoms with Crippen LogP contribution in [0.3, 0.4) is 0 Å². The summed E-state index contributed by atoms with van der Waals surface area (Å²) >= 11 is 0. The summed E-state index contributed by atoms with van der Waals surface area (Å²) in [4.78, 5) is 26.9. The van der Waals surface area contributed by atoms with Crippen molar-refractivity contribution in [1.29, 1.82) is 0 Å². The number of ether oxygens (including phenoxy) is 3. The van der Waals surface area contributed by atoms with Crippen LogP contribution in [0.2, 0.25) is 0 Å². The molecule has 0 saturated carbocycles. The Labute approximate surface area is 191 Å². The number of rotatable bonds is 7. The number of furan rings is 1. The van der Waals surface area contributed by atoms with Crippen LogP contribution in [0.4, 0.5) is 11.4 Å². The van der Waals surface area contributed by atoms with Crippen LogP contribution in [0.5, 0.6) is 17.2 Å². The minimum absolute atomic E-state index is 0.204. The summed E-state index contributed by atoms with van der Waals surface area (Å²) in [5.41, 5.74) is 3.11. The fraction of sp³-hybridized carbons (Fsp3) is 0.200. The number of benzene rings is 2. The third-order valence-electron chi connectivity index (χ3n) is 5.34. The van der Waals surface area contributed by atoms with E-state index < -0.39 is 0 Å². The van der Waals surface area contributed by atoms with E-state index in [1.807, 2.05) is 12.1 Å². The molecule has 2 amide bonds. The molecule has 1 N–H and O–H groups in total. The number of hydrogen-bond acceptors (Lipinski definition) is 6. The number of carbonyl (C=O) groups excluding carboxylic acids is 2. The Balaban J connectivity index is 1.49. The zero-order chi connectivity index (χ0) is 23.4. The van der Waals surface area contributed by atoms with E-state index in [1.54, 1.807) is 41.3 Å². The molecule has 2 aromatic carbocycles. The summed E-state index contributed by atoms with van der Waals surface area (Å²) in [6.45, 7) is 0.563. The maximum absolute atomic E-state index is 12.7. The minimum Gasteiger partial charge on any atom is -0.493 e. The molecular weight excluding hydrogens is 424 g/mol. The molecule has 4 rings (SSSR count). The highest BCUT2D eigenvalue weighted by Crippen LogP contribution is 2.38. The van der Waals surface area contributed by atoms with Crippen LogP contribution in [-0.2, 0) is 11.2 Å². The lowest BCUT2D eigenvalue weighted by atomic mass is 10.1. The molecule has 0 unspecified atom stereocenters. The third kappa shape index (κ3) is 4.55. The molecule has 0 spiro atoms. The van der Waals surface area contributed by atoms with Crippen LogP contribution in [-0.4, -0.2) is 39.7 Å². The van der Waals surface area contributed by atoms with Gasteiger partial charge in [-0.25, -0.2) is 0 Å². The third-order valence-corrected chi connectivity index (χ3v) is 5.34. The van der Waals surface area contributed by atoms with Gasteiger partial charge in [-0.2, -0.15) is 0 Å². The van der Waals surface area contributed by atoms with Crippen LogP contribution in [0, 0.1) is 0 Å². The molecule has 0 bridgehead atoms. The molecular formula is C25H24N2O6. The standard InChI is InChI=1S/C25H24N2O6/c1-30-21-13-16(14-22(31-2)24(21)32-3)6-9-23(28)26-18-8-7-17-10-11-27(19(17)15-18)25(29)20-5-4-12-33-20/h4-9,12-15H,10-11H2,1-3H3,(H,26,28)/b9-6+. The van der Waals surface area contributed by atoms with Crippen LogP contribution < -0.4 is 24.4 Å². The van der Waals surface area contributed by atoms with Gasteiger partial charge in [0.1, 0.15) is 0 Å². The molecule has 0 aliphatic carbocycles. The molecule has 33 heavy (non-hydrogen) atoms. The number of anilines is 2. The van der Waals surface area contributed by atoms with Gasteiger partial charge in [0.25, 0.3) is 5.91 Å². The van der Waals surface area contributed by atoms with Gasteiger partial charge >= 0.3 is 0 Å². The summed E-state index contributed by atoms with van der Waals surface area (Å²) in [5.74, 6) is 1.24. The summed E-state index contributed by atoms with van der Waals surface area (Å²) in [5, 5.41) is 2.84. The first-order chi connectivity index (χ1) is 16.0. The molecule has 0 radical (unpaired) electrons. The van der Waals surface area contributed by atoms with E-state index in [1.165, 1.54) is 33.7 Å². The van der Waals surface area contributed by atoms with E-state index >= 15 is 0 Å². The zero-order valence-electron chi connectivity index (χ0n) is 18.6. The number of amides is 2. The van der Waals surface area contributed by atoms with Crippen molar-refractivity contribution in [3.05, 3.63) is 71.7 Å². The van der Waals surface area contributed by atoms with E-state index in [9.17, 15) is 9.59 Å². The molecule has 1 aliphatic heterocycles. The lowest BCUT2D eigenvalue weighted by Crippen LogP contribution is -2.28. The first-order valence-corrected chi connectivity index (χ1v) is 10.3. The monoisotopic (exact) mass is 448 g/mol. The predicted molar refractivity (Wildman–Crippen MR) is 124 cm³/mol. The fourth-order valence-corrected chi connectivity index (χ4v) is 3.75. The normalized spacial score (nSPS) is 12.5. The van der Waals surface area contributed by atoms with Gasteiger partial charge < -0.3 is 28.8 Å². The first kappa shape index (κ1) is 22.0. The number of nitrogens with zero attached hydrogens (tertiary/aromatic N) is 1. The molecule has 1 aromatic heterocycles. The number of fused-ring (bicyclic) bond motifs is 1. The van der Waals surface area contributed by atoms with E-state index in [0.717, 1.165) is 17.7 Å². The molecule has 2 heterocycles. The second-order valence-electron chi connectivity index (χ2n) is 7.31. The molecule has 0 fully saturated rings. The topological polar surface area (TPSA) is 90.2 Å². The van der Waals surface area contributed by atoms with Crippen LogP contribution >= 0.6 is 0 Å². The van der Waals surface area contributed by atoms with Gasteiger partial charge in [0.15, 0.2) is 17.3 Å². The van der Waals surface area contributed by atoms with Crippen molar-refractivity contribution in [2.24, 2.45) is 0 Å². The molecule has 3 aromatic rings. The van der Waals surface area contributed by atoms with Crippen molar-refractivity contribution in [3.8, 4) is 17.2 Å². The number of methoxy groups -OCH3 is 3. The maximum atomic E-state index is 12.7. The van der Waals surface area contributed by atoms with Gasteiger partial charge in [-0.15, -0.1) is 0 Å². The van der Waals surface area contributed by atoms with Gasteiger partial charge in [0.05, 0.1) is 27.6 Å². The summed E-state index contributed by atoms with van der Waals surface area (Å²) in [7, 11) is 4.60. The highest BCUT2D eigenvalue weighted by molar-refractivity contribution is 6.07. The fourth-order valence-electron chi connectivity index (χ4n) is 3.75. The van der Waals surface area contributed by atoms with Crippen LogP contribution in [0.25, 0.3) is 6.08 Å². The highest BCUT2D eigenvalue weighted by atomic mass is 16.5. The lowest BCUT2D eigenvalue weighted by molar-refractivity contribution is -0.111. The van der Waals surface area contributed by atoms with Gasteiger partial charge in [0.2, 0.25) is 11.7 Å². The summed E-state index contributed by atoms with van der Waals surface area (Å²) in [6, 6.07) is 12.4. The maximum Gasteiger partial charge on any atom is 0.293 e. The summed E-state index contributed by atoms with van der Waals surface area (Å²) < 4.78 is 21.2. The number of nitrogens with one attached hydrogen (secondary N) is 1. The van der Waals surface area contributed by atoms with Crippen molar-refractivity contribution in [2.45, 2.75) is 6.42 Å². The Morgan fingerprint density at radius 3 is 2.42 bits per heavy atom. The Morgan fingerprint density at radius 2 is 1.79 bits per heavy atom. The molecule has 8 nitrogen and oxygen atoms in total. The largest absolute Gasteiger partial charge is 0.493 e. The first-order valence-electron chi connectivity index (χ1n) is 10.3. The van der Waals surface area contributed by atoms with E-state index in [-0.39, 0.29) is 17.6 Å². The van der Waals surface area contributed by atoms with Crippen molar-refractivity contribution in [1.82, 2.24) is 0 Å². The summed E-state index contributed by atoms with van der Waals surface area (Å²) in [6.07, 6.45) is 5.29. The van der Waals surface area contributed by atoms with Crippen LogP contribution in [0.1, 0.15) is 21.7 Å². The molecule has 8 heteroatoms. The highest BCUT2D eigenvalue weighted by Gasteiger charge is 2.27. The SMILES string of the molecule is COc1cc(/C=C/C(=O)Nc2ccc3c(c2)N(C(=O)c2ccco2)CC3)cc(OC)c1OC. The Hall–Kier alpha value is -4.20. The number of hydrogen-bond donors (Lipinski definition) is 1. The molecule has 0 atom stereocenters. The van der Waals surface area contributed by atoms with Gasteiger partial charge in [-0.05, 0) is 60.0 Å². The van der Waals surface area contributed by atoms with Crippen molar-refractivity contribution < 1.29 is 28.2 Å². The van der Waals surface area contributed by atoms with E-state index in [0.29, 0.717) is 35.0 Å². The van der Waals surface area contributed by atoms with Gasteiger partial charge in [0, 0.05) is 24.0 Å². The molecule has 1 aliphatic rings. The van der Waals surface area contributed by atoms with Crippen molar-refractivity contribution in [2.75, 3.05) is 38.1 Å². The lowest BCUT2D eigenvalue weighted by Gasteiger charge is -2.16. The van der Waals surface area contributed by atoms with Crippen LogP contribution in [0.15, 0.2) is 59.2 Å². The second kappa shape index (κ2) is 9.52. The Bertz CT molecular complexity index is 1170. The molecule has 170 valence electrons. The number of carbonyl (C=O) groups is 2.